The van der Waals surface area contributed by atoms with Gasteiger partial charge in [0.15, 0.2) is 0 Å². The molecule has 1 unspecified atom stereocenters. The Hall–Kier alpha value is -2.35. The summed E-state index contributed by atoms with van der Waals surface area (Å²) in [4.78, 5) is 11.0. The topological polar surface area (TPSA) is 64.8 Å². The number of nitrogens with zero attached hydrogens (tertiary/aromatic N) is 4. The minimum atomic E-state index is 0.105. The Kier molecular flexibility index (Phi) is 3.81. The van der Waals surface area contributed by atoms with Crippen molar-refractivity contribution >= 4 is 22.7 Å². The molecule has 0 fully saturated rings. The molecule has 2 rings (SSSR count). The van der Waals surface area contributed by atoms with Crippen molar-refractivity contribution in [3.05, 3.63) is 24.3 Å². The van der Waals surface area contributed by atoms with Crippen LogP contribution < -0.4 is 10.2 Å². The molecule has 0 radical (unpaired) electrons. The first-order chi connectivity index (χ1) is 9.17. The highest BCUT2D eigenvalue weighted by Crippen LogP contribution is 2.26. The lowest BCUT2D eigenvalue weighted by Crippen LogP contribution is -2.29. The van der Waals surface area contributed by atoms with E-state index in [1.807, 2.05) is 43.1 Å². The summed E-state index contributed by atoms with van der Waals surface area (Å²) in [6, 6.07) is 10.2. The van der Waals surface area contributed by atoms with Crippen molar-refractivity contribution in [2.75, 3.05) is 24.3 Å². The highest BCUT2D eigenvalue weighted by Gasteiger charge is 2.15. The van der Waals surface area contributed by atoms with Gasteiger partial charge in [0.05, 0.1) is 18.0 Å². The van der Waals surface area contributed by atoms with Gasteiger partial charge < -0.3 is 10.2 Å². The minimum Gasteiger partial charge on any atom is -0.357 e. The Morgan fingerprint density at radius 2 is 2.11 bits per heavy atom. The van der Waals surface area contributed by atoms with Gasteiger partial charge in [-0.2, -0.15) is 10.2 Å². The van der Waals surface area contributed by atoms with Gasteiger partial charge in [0.1, 0.15) is 5.82 Å². The molecule has 0 aliphatic heterocycles. The van der Waals surface area contributed by atoms with Crippen LogP contribution in [0.2, 0.25) is 0 Å². The van der Waals surface area contributed by atoms with Gasteiger partial charge in [0.25, 0.3) is 0 Å². The fourth-order valence-electron chi connectivity index (χ4n) is 1.92. The van der Waals surface area contributed by atoms with Crippen LogP contribution in [0.25, 0.3) is 10.9 Å². The van der Waals surface area contributed by atoms with Crippen LogP contribution in [0, 0.1) is 11.3 Å². The Morgan fingerprint density at radius 3 is 2.79 bits per heavy atom. The number of rotatable bonds is 4. The predicted octanol–water partition coefficient (Wildman–Crippen LogP) is 2.41. The number of benzene rings is 1. The average molecular weight is 255 g/mol. The highest BCUT2D eigenvalue weighted by molar-refractivity contribution is 5.90. The maximum Gasteiger partial charge on any atom is 0.224 e. The van der Waals surface area contributed by atoms with Crippen molar-refractivity contribution in [3.63, 3.8) is 0 Å². The zero-order valence-electron chi connectivity index (χ0n) is 11.4. The molecule has 19 heavy (non-hydrogen) atoms. The summed E-state index contributed by atoms with van der Waals surface area (Å²) in [6.07, 6.45) is 0.462. The summed E-state index contributed by atoms with van der Waals surface area (Å²) >= 11 is 0. The van der Waals surface area contributed by atoms with Gasteiger partial charge >= 0.3 is 0 Å². The van der Waals surface area contributed by atoms with Crippen LogP contribution >= 0.6 is 0 Å². The van der Waals surface area contributed by atoms with Crippen LogP contribution in [-0.4, -0.2) is 30.1 Å². The van der Waals surface area contributed by atoms with Crippen LogP contribution in [0.1, 0.15) is 13.3 Å². The molecular weight excluding hydrogens is 238 g/mol. The van der Waals surface area contributed by atoms with Crippen LogP contribution in [-0.2, 0) is 0 Å². The summed E-state index contributed by atoms with van der Waals surface area (Å²) < 4.78 is 0. The maximum absolute atomic E-state index is 8.82. The molecule has 0 amide bonds. The van der Waals surface area contributed by atoms with Crippen LogP contribution in [0.3, 0.4) is 0 Å². The lowest BCUT2D eigenvalue weighted by Gasteiger charge is -2.25. The van der Waals surface area contributed by atoms with E-state index in [-0.39, 0.29) is 6.04 Å². The van der Waals surface area contributed by atoms with E-state index in [9.17, 15) is 0 Å². The SMILES string of the molecule is CNc1nc(N(C)C(C)CC#N)c2ccccc2n1. The van der Waals surface area contributed by atoms with Gasteiger partial charge in [0, 0.05) is 25.5 Å². The fraction of sp³-hybridized carbons (Fsp3) is 0.357. The standard InChI is InChI=1S/C14H17N5/c1-10(8-9-15)19(3)13-11-6-4-5-7-12(11)17-14(16-2)18-13/h4-7,10H,8H2,1-3H3,(H,16,17,18). The number of para-hydroxylation sites is 1. The monoisotopic (exact) mass is 255 g/mol. The fourth-order valence-corrected chi connectivity index (χ4v) is 1.92. The predicted molar refractivity (Wildman–Crippen MR) is 77.2 cm³/mol. The zero-order chi connectivity index (χ0) is 13.8. The lowest BCUT2D eigenvalue weighted by molar-refractivity contribution is 0.696. The van der Waals surface area contributed by atoms with E-state index in [2.05, 4.69) is 21.4 Å². The first-order valence-corrected chi connectivity index (χ1v) is 6.21. The third-order valence-electron chi connectivity index (χ3n) is 3.19. The molecule has 1 aromatic heterocycles. The molecular formula is C14H17N5. The molecule has 0 saturated carbocycles. The normalized spacial score (nSPS) is 11.9. The van der Waals surface area contributed by atoms with Crippen molar-refractivity contribution < 1.29 is 0 Å². The van der Waals surface area contributed by atoms with E-state index in [4.69, 9.17) is 5.26 Å². The molecule has 98 valence electrons. The third-order valence-corrected chi connectivity index (χ3v) is 3.19. The molecule has 1 N–H and O–H groups in total. The summed E-state index contributed by atoms with van der Waals surface area (Å²) in [5, 5.41) is 12.8. The maximum atomic E-state index is 8.82. The molecule has 5 nitrogen and oxygen atoms in total. The molecule has 0 saturated heterocycles. The van der Waals surface area contributed by atoms with Crippen molar-refractivity contribution in [2.24, 2.45) is 0 Å². The molecule has 1 heterocycles. The Labute approximate surface area is 112 Å². The van der Waals surface area contributed by atoms with E-state index in [0.717, 1.165) is 16.7 Å². The van der Waals surface area contributed by atoms with E-state index >= 15 is 0 Å². The second kappa shape index (κ2) is 5.53. The largest absolute Gasteiger partial charge is 0.357 e. The molecule has 0 aliphatic rings. The summed E-state index contributed by atoms with van der Waals surface area (Å²) in [5.41, 5.74) is 0.896. The summed E-state index contributed by atoms with van der Waals surface area (Å²) in [7, 11) is 3.75. The molecule has 0 bridgehead atoms. The van der Waals surface area contributed by atoms with Gasteiger partial charge in [-0.3, -0.25) is 0 Å². The van der Waals surface area contributed by atoms with Gasteiger partial charge in [0.2, 0.25) is 5.95 Å². The number of fused-ring (bicyclic) bond motifs is 1. The number of hydrogen-bond donors (Lipinski definition) is 1. The lowest BCUT2D eigenvalue weighted by atomic mass is 10.2. The number of hydrogen-bond acceptors (Lipinski definition) is 5. The average Bonchev–Trinajstić information content (AvgIpc) is 2.45. The van der Waals surface area contributed by atoms with Crippen molar-refractivity contribution in [1.29, 1.82) is 5.26 Å². The Balaban J connectivity index is 2.54. The molecule has 0 aliphatic carbocycles. The van der Waals surface area contributed by atoms with Gasteiger partial charge in [-0.15, -0.1) is 0 Å². The van der Waals surface area contributed by atoms with E-state index in [0.29, 0.717) is 12.4 Å². The van der Waals surface area contributed by atoms with Crippen LogP contribution in [0.15, 0.2) is 24.3 Å². The molecule has 1 atom stereocenters. The van der Waals surface area contributed by atoms with Gasteiger partial charge in [-0.05, 0) is 19.1 Å². The first-order valence-electron chi connectivity index (χ1n) is 6.21. The molecule has 5 heteroatoms. The van der Waals surface area contributed by atoms with Crippen LogP contribution in [0.5, 0.6) is 0 Å². The smallest absolute Gasteiger partial charge is 0.224 e. The van der Waals surface area contributed by atoms with Gasteiger partial charge in [-0.25, -0.2) is 4.98 Å². The number of nitriles is 1. The quantitative estimate of drug-likeness (QED) is 0.908. The second-order valence-electron chi connectivity index (χ2n) is 4.46. The highest BCUT2D eigenvalue weighted by atomic mass is 15.2. The summed E-state index contributed by atoms with van der Waals surface area (Å²) in [5.74, 6) is 1.43. The second-order valence-corrected chi connectivity index (χ2v) is 4.46. The number of nitrogens with one attached hydrogen (secondary N) is 1. The minimum absolute atomic E-state index is 0.105. The molecule has 0 spiro atoms. The van der Waals surface area contributed by atoms with E-state index < -0.39 is 0 Å². The molecule has 2 aromatic rings. The van der Waals surface area contributed by atoms with Crippen molar-refractivity contribution in [3.8, 4) is 6.07 Å². The number of anilines is 2. The Bertz CT molecular complexity index is 617. The third kappa shape index (κ3) is 2.58. The Morgan fingerprint density at radius 1 is 1.37 bits per heavy atom. The van der Waals surface area contributed by atoms with Crippen molar-refractivity contribution in [2.45, 2.75) is 19.4 Å². The van der Waals surface area contributed by atoms with Crippen molar-refractivity contribution in [1.82, 2.24) is 9.97 Å². The first kappa shape index (κ1) is 13.1. The molecule has 1 aromatic carbocycles. The zero-order valence-corrected chi connectivity index (χ0v) is 11.4. The van der Waals surface area contributed by atoms with E-state index in [1.165, 1.54) is 0 Å². The summed E-state index contributed by atoms with van der Waals surface area (Å²) in [6.45, 7) is 2.01. The van der Waals surface area contributed by atoms with Crippen LogP contribution in [0.4, 0.5) is 11.8 Å². The van der Waals surface area contributed by atoms with E-state index in [1.54, 1.807) is 7.05 Å². The van der Waals surface area contributed by atoms with Gasteiger partial charge in [-0.1, -0.05) is 12.1 Å². The number of aromatic nitrogens is 2.